The quantitative estimate of drug-likeness (QED) is 0.126. The molecule has 498 valence electrons. The van der Waals surface area contributed by atoms with E-state index >= 15 is 0 Å². The second-order valence-corrected chi connectivity index (χ2v) is 32.3. The van der Waals surface area contributed by atoms with Gasteiger partial charge in [-0.1, -0.05) is 247 Å². The fourth-order valence-electron chi connectivity index (χ4n) is 16.3. The van der Waals surface area contributed by atoms with E-state index < -0.39 is 0 Å². The Hall–Kier alpha value is -11.2. The molecule has 0 amide bonds. The van der Waals surface area contributed by atoms with E-state index in [1.54, 1.807) is 0 Å². The number of benzene rings is 13. The van der Waals surface area contributed by atoms with Gasteiger partial charge in [0.2, 0.25) is 0 Å². The predicted molar refractivity (Wildman–Crippen MR) is 439 cm³/mol. The van der Waals surface area contributed by atoms with Gasteiger partial charge in [-0.15, -0.1) is 0 Å². The molecule has 8 heteroatoms. The summed E-state index contributed by atoms with van der Waals surface area (Å²) in [4.78, 5) is 15.4. The maximum Gasteiger partial charge on any atom is 0.252 e. The Morgan fingerprint density at radius 1 is 0.206 bits per heavy atom. The van der Waals surface area contributed by atoms with Crippen molar-refractivity contribution in [1.29, 1.82) is 0 Å². The number of rotatable bonds is 10. The molecule has 0 spiro atoms. The number of para-hydroxylation sites is 8. The Kier molecular flexibility index (Phi) is 15.3. The highest BCUT2D eigenvalue weighted by Gasteiger charge is 2.49. The van der Waals surface area contributed by atoms with Gasteiger partial charge in [-0.2, -0.15) is 0 Å². The van der Waals surface area contributed by atoms with E-state index in [4.69, 9.17) is 0 Å². The summed E-state index contributed by atoms with van der Waals surface area (Å²) in [5.41, 5.74) is 32.0. The summed E-state index contributed by atoms with van der Waals surface area (Å²) >= 11 is 0. The van der Waals surface area contributed by atoms with E-state index in [-0.39, 0.29) is 35.1 Å². The van der Waals surface area contributed by atoms with Gasteiger partial charge >= 0.3 is 0 Å². The summed E-state index contributed by atoms with van der Waals surface area (Å²) in [7, 11) is 0. The van der Waals surface area contributed by atoms with Crippen molar-refractivity contribution in [2.24, 2.45) is 0 Å². The van der Waals surface area contributed by atoms with Crippen LogP contribution in [0.25, 0.3) is 0 Å². The Bertz CT molecular complexity index is 4890. The molecule has 4 aliphatic heterocycles. The lowest BCUT2D eigenvalue weighted by atomic mass is 9.30. The Labute approximate surface area is 604 Å². The summed E-state index contributed by atoms with van der Waals surface area (Å²) < 4.78 is 0. The first kappa shape index (κ1) is 64.2. The van der Waals surface area contributed by atoms with Crippen LogP contribution < -0.4 is 62.2 Å². The van der Waals surface area contributed by atoms with Crippen LogP contribution in [0.4, 0.5) is 102 Å². The molecule has 13 aromatic rings. The molecule has 17 rings (SSSR count). The molecular formula is C94H86B2N6. The molecule has 0 N–H and O–H groups in total. The third kappa shape index (κ3) is 10.9. The van der Waals surface area contributed by atoms with Gasteiger partial charge in [0.25, 0.3) is 13.4 Å². The minimum Gasteiger partial charge on any atom is -0.311 e. The smallest absolute Gasteiger partial charge is 0.252 e. The maximum atomic E-state index is 2.70. The lowest BCUT2D eigenvalue weighted by Gasteiger charge is -2.48. The molecule has 0 unspecified atom stereocenters. The third-order valence-electron chi connectivity index (χ3n) is 21.5. The van der Waals surface area contributed by atoms with Crippen molar-refractivity contribution >= 4 is 149 Å². The van der Waals surface area contributed by atoms with E-state index in [0.717, 1.165) is 102 Å². The fourth-order valence-corrected chi connectivity index (χ4v) is 16.3. The highest BCUT2D eigenvalue weighted by Crippen LogP contribution is 2.54. The molecule has 4 heterocycles. The summed E-state index contributed by atoms with van der Waals surface area (Å²) in [6, 6.07) is 115. The average molecular weight is 1320 g/mol. The zero-order valence-electron chi connectivity index (χ0n) is 60.7. The van der Waals surface area contributed by atoms with Gasteiger partial charge in [-0.25, -0.2) is 0 Å². The van der Waals surface area contributed by atoms with E-state index in [2.05, 4.69) is 416 Å². The Balaban J connectivity index is 1.06. The SMILES string of the molecule is CC(C)(C)c1cc(N2c3cc4c(cc3B3c5ccccc5N(c5ccccc5)c5cc(N(c6ccccc6)c6ccccc6)cc2c53)B2c3ccccc3N(c3ccccc3)c3cc(N(c5ccccc5)c5ccccc5)cc(c32)N4c2cc(C(C)(C)C)cc(C(C)(C)C)c2)cc(C(C)(C)C)c1. The van der Waals surface area contributed by atoms with Crippen molar-refractivity contribution in [2.45, 2.75) is 105 Å². The molecule has 0 saturated carbocycles. The first-order chi connectivity index (χ1) is 49.2. The number of hydrogen-bond acceptors (Lipinski definition) is 6. The van der Waals surface area contributed by atoms with Crippen LogP contribution in [0.1, 0.15) is 105 Å². The first-order valence-corrected chi connectivity index (χ1v) is 36.3. The van der Waals surface area contributed by atoms with Gasteiger partial charge in [0, 0.05) is 91.0 Å². The van der Waals surface area contributed by atoms with Crippen LogP contribution in [0.15, 0.2) is 303 Å². The summed E-state index contributed by atoms with van der Waals surface area (Å²) in [5, 5.41) is 0. The molecule has 0 radical (unpaired) electrons. The lowest BCUT2D eigenvalue weighted by molar-refractivity contribution is 0.568. The zero-order chi connectivity index (χ0) is 70.1. The zero-order valence-corrected chi connectivity index (χ0v) is 60.7. The van der Waals surface area contributed by atoms with E-state index in [9.17, 15) is 0 Å². The molecule has 0 fully saturated rings. The van der Waals surface area contributed by atoms with Crippen molar-refractivity contribution in [3.8, 4) is 0 Å². The molecular weight excluding hydrogens is 1230 g/mol. The van der Waals surface area contributed by atoms with Crippen LogP contribution in [0, 0.1) is 0 Å². The molecule has 102 heavy (non-hydrogen) atoms. The molecule has 0 aliphatic carbocycles. The molecule has 0 bridgehead atoms. The van der Waals surface area contributed by atoms with Crippen LogP contribution in [0.5, 0.6) is 0 Å². The number of hydrogen-bond donors (Lipinski definition) is 0. The fraction of sp³-hybridized carbons (Fsp3) is 0.170. The molecule has 0 atom stereocenters. The van der Waals surface area contributed by atoms with Crippen molar-refractivity contribution in [2.75, 3.05) is 29.4 Å². The van der Waals surface area contributed by atoms with Gasteiger partial charge in [-0.3, -0.25) is 0 Å². The van der Waals surface area contributed by atoms with Crippen molar-refractivity contribution in [1.82, 2.24) is 0 Å². The van der Waals surface area contributed by atoms with Gasteiger partial charge in [0.05, 0.1) is 11.4 Å². The molecule has 4 aliphatic rings. The van der Waals surface area contributed by atoms with Crippen LogP contribution in [0.2, 0.25) is 0 Å². The maximum absolute atomic E-state index is 2.70. The van der Waals surface area contributed by atoms with Crippen molar-refractivity contribution in [3.63, 3.8) is 0 Å². The number of anilines is 18. The third-order valence-corrected chi connectivity index (χ3v) is 21.5. The number of nitrogens with zero attached hydrogens (tertiary/aromatic N) is 6. The van der Waals surface area contributed by atoms with E-state index in [1.165, 1.54) is 55.0 Å². The van der Waals surface area contributed by atoms with Crippen LogP contribution in [0.3, 0.4) is 0 Å². The minimum absolute atomic E-state index is 0.192. The van der Waals surface area contributed by atoms with E-state index in [0.29, 0.717) is 0 Å². The lowest BCUT2D eigenvalue weighted by Crippen LogP contribution is -2.65. The monoisotopic (exact) mass is 1320 g/mol. The van der Waals surface area contributed by atoms with Gasteiger partial charge in [0.1, 0.15) is 0 Å². The second-order valence-electron chi connectivity index (χ2n) is 32.3. The van der Waals surface area contributed by atoms with Crippen molar-refractivity contribution < 1.29 is 0 Å². The van der Waals surface area contributed by atoms with Crippen LogP contribution in [-0.4, -0.2) is 13.4 Å². The predicted octanol–water partition coefficient (Wildman–Crippen LogP) is 22.0. The largest absolute Gasteiger partial charge is 0.311 e. The Morgan fingerprint density at radius 3 is 0.745 bits per heavy atom. The highest BCUT2D eigenvalue weighted by atomic mass is 15.2. The molecule has 0 saturated heterocycles. The van der Waals surface area contributed by atoms with Gasteiger partial charge in [-0.05, 0) is 216 Å². The highest BCUT2D eigenvalue weighted by molar-refractivity contribution is 7.03. The van der Waals surface area contributed by atoms with E-state index in [1.807, 2.05) is 0 Å². The summed E-state index contributed by atoms with van der Waals surface area (Å²) in [6.07, 6.45) is 0. The summed E-state index contributed by atoms with van der Waals surface area (Å²) in [5.74, 6) is 0. The standard InChI is InChI=1S/C94H86B2N6/c1-91(2,3)63-51-64(92(4,5)6)54-73(53-63)101-83-62-84-80(61-79(83)95-77-47-31-33-49-81(77)99(71-43-27-17-28-44-71)85-57-75(59-87(101)89(85)95)97(67-35-19-13-20-36-67)68-37-21-14-22-38-68)96-78-48-32-34-50-82(78)100(72-45-29-18-30-46-72)86-58-76(98(69-39-23-15-24-40-69)70-41-25-16-26-42-70)60-88(90(86)96)102(84)74-55-65(93(7,8)9)52-66(56-74)94(10,11)12/h13-62H,1-12H3. The summed E-state index contributed by atoms with van der Waals surface area (Å²) in [6.45, 7) is 28.1. The molecule has 6 nitrogen and oxygen atoms in total. The topological polar surface area (TPSA) is 19.4 Å². The number of fused-ring (bicyclic) bond motifs is 8. The van der Waals surface area contributed by atoms with Gasteiger partial charge < -0.3 is 29.4 Å². The molecule has 13 aromatic carbocycles. The first-order valence-electron chi connectivity index (χ1n) is 36.3. The van der Waals surface area contributed by atoms with Crippen molar-refractivity contribution in [3.05, 3.63) is 326 Å². The molecule has 0 aromatic heterocycles. The Morgan fingerprint density at radius 2 is 0.461 bits per heavy atom. The average Bonchev–Trinajstić information content (AvgIpc) is 0.684. The second kappa shape index (κ2) is 24.3. The van der Waals surface area contributed by atoms with Gasteiger partial charge in [0.15, 0.2) is 0 Å². The minimum atomic E-state index is -0.204. The van der Waals surface area contributed by atoms with Crippen LogP contribution in [-0.2, 0) is 21.7 Å². The normalized spacial score (nSPS) is 13.6. The van der Waals surface area contributed by atoms with Crippen LogP contribution >= 0.6 is 0 Å².